The topological polar surface area (TPSA) is 127 Å². The van der Waals surface area contributed by atoms with E-state index in [9.17, 15) is 19.7 Å². The molecule has 0 saturated carbocycles. The maximum Gasteiger partial charge on any atom is 0.413 e. The molecule has 10 heteroatoms. The van der Waals surface area contributed by atoms with Crippen molar-refractivity contribution in [2.24, 2.45) is 5.10 Å². The van der Waals surface area contributed by atoms with Gasteiger partial charge in [-0.05, 0) is 18.1 Å². The van der Waals surface area contributed by atoms with Crippen molar-refractivity contribution >= 4 is 29.2 Å². The number of anilines is 1. The van der Waals surface area contributed by atoms with E-state index in [4.69, 9.17) is 6.57 Å². The van der Waals surface area contributed by atoms with Crippen molar-refractivity contribution in [3.8, 4) is 0 Å². The Balaban J connectivity index is 2.79. The number of nitrogens with zero attached hydrogens (tertiary/aromatic N) is 3. The second-order valence-electron chi connectivity index (χ2n) is 3.64. The number of amides is 2. The number of ether oxygens (including phenoxy) is 1. The Hall–Kier alpha value is -3.48. The van der Waals surface area contributed by atoms with Gasteiger partial charge in [-0.1, -0.05) is 12.6 Å². The van der Waals surface area contributed by atoms with Gasteiger partial charge in [-0.25, -0.2) is 10.2 Å². The van der Waals surface area contributed by atoms with Crippen molar-refractivity contribution in [2.45, 2.75) is 6.92 Å². The molecule has 1 aromatic carbocycles. The Morgan fingerprint density at radius 3 is 2.82 bits per heavy atom. The minimum atomic E-state index is -1.05. The van der Waals surface area contributed by atoms with Crippen LogP contribution in [-0.4, -0.2) is 29.4 Å². The van der Waals surface area contributed by atoms with E-state index in [2.05, 4.69) is 20.1 Å². The second-order valence-corrected chi connectivity index (χ2v) is 3.64. The molecule has 2 N–H and O–H groups in total. The highest BCUT2D eigenvalue weighted by Gasteiger charge is 2.16. The maximum atomic E-state index is 11.6. The zero-order chi connectivity index (χ0) is 16.5. The van der Waals surface area contributed by atoms with E-state index in [0.29, 0.717) is 0 Å². The fourth-order valence-electron chi connectivity index (χ4n) is 1.25. The number of nitro benzene ring substituents is 1. The molecule has 1 aromatic rings. The molecule has 0 unspecified atom stereocenters. The first-order valence-electron chi connectivity index (χ1n) is 5.91. The number of benzene rings is 1. The smallest absolute Gasteiger partial charge is 0.413 e. The summed E-state index contributed by atoms with van der Waals surface area (Å²) in [6.07, 6.45) is -1.00. The molecule has 0 aromatic heterocycles. The van der Waals surface area contributed by atoms with Crippen LogP contribution < -0.4 is 10.7 Å². The number of hydrogen-bond donors (Lipinski definition) is 2. The van der Waals surface area contributed by atoms with Crippen molar-refractivity contribution in [1.82, 2.24) is 5.32 Å². The van der Waals surface area contributed by atoms with Crippen LogP contribution in [0.2, 0.25) is 0 Å². The molecule has 22 heavy (non-hydrogen) atoms. The largest absolute Gasteiger partial charge is 0.450 e. The van der Waals surface area contributed by atoms with E-state index in [1.807, 2.05) is 0 Å². The first kappa shape index (κ1) is 16.6. The van der Waals surface area contributed by atoms with Crippen LogP contribution in [0.15, 0.2) is 29.4 Å². The normalized spacial score (nSPS) is 10.3. The van der Waals surface area contributed by atoms with Crippen LogP contribution in [0, 0.1) is 16.7 Å². The third-order valence-electron chi connectivity index (χ3n) is 2.15. The van der Waals surface area contributed by atoms with Gasteiger partial charge in [0.25, 0.3) is 11.6 Å². The van der Waals surface area contributed by atoms with E-state index >= 15 is 0 Å². The summed E-state index contributed by atoms with van der Waals surface area (Å²) in [5.74, 6) is -1.70. The minimum Gasteiger partial charge on any atom is -0.450 e. The summed E-state index contributed by atoms with van der Waals surface area (Å²) in [6, 6.07) is 5.32. The van der Waals surface area contributed by atoms with E-state index in [1.165, 1.54) is 24.3 Å². The Morgan fingerprint density at radius 2 is 2.23 bits per heavy atom. The van der Waals surface area contributed by atoms with Gasteiger partial charge in [-0.15, -0.1) is 0 Å². The molecule has 1 rings (SSSR count). The molecule has 0 aliphatic rings. The predicted octanol–water partition coefficient (Wildman–Crippen LogP) is 1.51. The number of nitro groups is 1. The van der Waals surface area contributed by atoms with Gasteiger partial charge in [-0.2, -0.15) is 0 Å². The highest BCUT2D eigenvalue weighted by molar-refractivity contribution is 6.43. The van der Waals surface area contributed by atoms with Crippen LogP contribution in [-0.2, 0) is 9.53 Å². The lowest BCUT2D eigenvalue weighted by Crippen LogP contribution is -2.35. The third kappa shape index (κ3) is 4.89. The van der Waals surface area contributed by atoms with Crippen LogP contribution in [0.3, 0.4) is 0 Å². The number of nitrogens with one attached hydrogen (secondary N) is 2. The molecule has 10 nitrogen and oxygen atoms in total. The summed E-state index contributed by atoms with van der Waals surface area (Å²) in [5.41, 5.74) is 2.36. The Morgan fingerprint density at radius 1 is 1.50 bits per heavy atom. The lowest BCUT2D eigenvalue weighted by Gasteiger charge is -2.02. The summed E-state index contributed by atoms with van der Waals surface area (Å²) < 4.78 is 4.49. The number of carbonyl (C=O) groups is 2. The monoisotopic (exact) mass is 305 g/mol. The van der Waals surface area contributed by atoms with E-state index in [0.717, 1.165) is 0 Å². The van der Waals surface area contributed by atoms with Crippen molar-refractivity contribution in [1.29, 1.82) is 0 Å². The highest BCUT2D eigenvalue weighted by atomic mass is 16.6. The number of amidine groups is 1. The first-order valence-corrected chi connectivity index (χ1v) is 5.91. The van der Waals surface area contributed by atoms with Gasteiger partial charge in [0, 0.05) is 12.1 Å². The van der Waals surface area contributed by atoms with E-state index < -0.39 is 22.8 Å². The Bertz CT molecular complexity index is 664. The maximum absolute atomic E-state index is 11.6. The van der Waals surface area contributed by atoms with Crippen LogP contribution in [0.4, 0.5) is 16.2 Å². The van der Waals surface area contributed by atoms with Crippen LogP contribution in [0.1, 0.15) is 6.92 Å². The van der Waals surface area contributed by atoms with Gasteiger partial charge in [0.15, 0.2) is 0 Å². The number of alkyl carbamates (subject to hydrolysis) is 1. The van der Waals surface area contributed by atoms with Crippen LogP contribution in [0.5, 0.6) is 0 Å². The number of rotatable bonds is 4. The number of imide groups is 1. The standard InChI is InChI=1S/C12H11N5O5/c1-3-22-12(19)14-11(18)10(13-2)16-15-8-5-4-6-9(7-8)17(20)21/h4-7,15H,3H2,1H3,(H,14,18,19)/b16-10+. The number of hydrogen-bond acceptors (Lipinski definition) is 7. The van der Waals surface area contributed by atoms with Gasteiger partial charge < -0.3 is 9.58 Å². The van der Waals surface area contributed by atoms with E-state index in [-0.39, 0.29) is 18.0 Å². The average molecular weight is 305 g/mol. The molecule has 0 aliphatic heterocycles. The summed E-state index contributed by atoms with van der Waals surface area (Å²) in [4.78, 5) is 35.5. The van der Waals surface area contributed by atoms with Gasteiger partial charge in [-0.3, -0.25) is 20.2 Å². The zero-order valence-corrected chi connectivity index (χ0v) is 11.4. The molecule has 0 radical (unpaired) electrons. The number of non-ortho nitro benzene ring substituents is 1. The molecule has 0 spiro atoms. The van der Waals surface area contributed by atoms with E-state index in [1.54, 1.807) is 12.2 Å². The van der Waals surface area contributed by atoms with Crippen LogP contribution >= 0.6 is 0 Å². The fourth-order valence-corrected chi connectivity index (χ4v) is 1.25. The first-order chi connectivity index (χ1) is 10.5. The highest BCUT2D eigenvalue weighted by Crippen LogP contribution is 2.16. The van der Waals surface area contributed by atoms with Gasteiger partial charge in [0.1, 0.15) is 0 Å². The minimum absolute atomic E-state index is 0.0650. The molecular formula is C12H11N5O5. The second kappa shape index (κ2) is 7.95. The molecule has 0 fully saturated rings. The Labute approximate surface area is 124 Å². The molecule has 0 heterocycles. The lowest BCUT2D eigenvalue weighted by molar-refractivity contribution is -0.384. The summed E-state index contributed by atoms with van der Waals surface area (Å²) >= 11 is 0. The van der Waals surface area contributed by atoms with Gasteiger partial charge >= 0.3 is 11.9 Å². The fraction of sp³-hybridized carbons (Fsp3) is 0.167. The van der Waals surface area contributed by atoms with Crippen LogP contribution in [0.25, 0.3) is 4.85 Å². The van der Waals surface area contributed by atoms with Crippen molar-refractivity contribution in [2.75, 3.05) is 12.0 Å². The number of hydrazone groups is 1. The van der Waals surface area contributed by atoms with Crippen molar-refractivity contribution < 1.29 is 19.2 Å². The Kier molecular flexibility index (Phi) is 5.99. The molecule has 0 saturated heterocycles. The molecule has 2 amide bonds. The molecule has 0 bridgehead atoms. The molecule has 0 atom stereocenters. The SMILES string of the molecule is [C-]#[N+]/C(=N/Nc1cccc([N+](=O)[O-])c1)C(=O)NC(=O)OCC. The third-order valence-corrected chi connectivity index (χ3v) is 2.15. The van der Waals surface area contributed by atoms with Gasteiger partial charge in [0.2, 0.25) is 0 Å². The van der Waals surface area contributed by atoms with Crippen molar-refractivity contribution in [3.05, 3.63) is 45.8 Å². The molecular weight excluding hydrogens is 294 g/mol. The quantitative estimate of drug-likeness (QED) is 0.285. The summed E-state index contributed by atoms with van der Waals surface area (Å²) in [6.45, 7) is 8.46. The average Bonchev–Trinajstić information content (AvgIpc) is 2.48. The predicted molar refractivity (Wildman–Crippen MR) is 75.9 cm³/mol. The van der Waals surface area contributed by atoms with Crippen molar-refractivity contribution in [3.63, 3.8) is 0 Å². The lowest BCUT2D eigenvalue weighted by atomic mass is 10.3. The molecule has 0 aliphatic carbocycles. The molecule has 114 valence electrons. The number of carbonyl (C=O) groups excluding carboxylic acids is 2. The zero-order valence-electron chi connectivity index (χ0n) is 11.4. The summed E-state index contributed by atoms with van der Waals surface area (Å²) in [5, 5.41) is 15.9. The van der Waals surface area contributed by atoms with Gasteiger partial charge in [0.05, 0.1) is 17.2 Å². The summed E-state index contributed by atoms with van der Waals surface area (Å²) in [7, 11) is 0.